The Morgan fingerprint density at radius 1 is 0.763 bits per heavy atom. The molecule has 1 amide bonds. The van der Waals surface area contributed by atoms with Gasteiger partial charge >= 0.3 is 12.1 Å². The summed E-state index contributed by atoms with van der Waals surface area (Å²) in [4.78, 5) is 23.3. The molecule has 3 aromatic rings. The zero-order valence-corrected chi connectivity index (χ0v) is 21.5. The smallest absolute Gasteiger partial charge is 0.412 e. The van der Waals surface area contributed by atoms with E-state index in [1.54, 1.807) is 19.1 Å². The Balaban J connectivity index is 1.30. The van der Waals surface area contributed by atoms with Crippen LogP contribution in [0, 0.1) is 0 Å². The maximum Gasteiger partial charge on any atom is 0.412 e. The highest BCUT2D eigenvalue weighted by Crippen LogP contribution is 2.29. The minimum Gasteiger partial charge on any atom is -0.490 e. The minimum atomic E-state index is -0.575. The lowest BCUT2D eigenvalue weighted by atomic mass is 10.1. The third kappa shape index (κ3) is 10.1. The second-order valence-electron chi connectivity index (χ2n) is 8.11. The molecule has 0 bridgehead atoms. The fraction of sp³-hybridized carbons (Fsp3) is 0.310. The van der Waals surface area contributed by atoms with Crippen molar-refractivity contribution in [3.05, 3.63) is 78.9 Å². The van der Waals surface area contributed by atoms with Gasteiger partial charge in [0.25, 0.3) is 0 Å². The maximum atomic E-state index is 12.1. The van der Waals surface area contributed by atoms with Gasteiger partial charge in [0.15, 0.2) is 0 Å². The Labute approximate surface area is 222 Å². The number of rotatable bonds is 16. The summed E-state index contributed by atoms with van der Waals surface area (Å²) in [6.45, 7) is 7.61. The maximum absolute atomic E-state index is 12.1. The first-order valence-corrected chi connectivity index (χ1v) is 12.3. The fourth-order valence-corrected chi connectivity index (χ4v) is 3.26. The molecule has 0 saturated heterocycles. The highest BCUT2D eigenvalue weighted by molar-refractivity contribution is 5.90. The molecule has 0 aromatic heterocycles. The van der Waals surface area contributed by atoms with Crippen molar-refractivity contribution < 1.29 is 38.0 Å². The van der Waals surface area contributed by atoms with Gasteiger partial charge in [-0.3, -0.25) is 0 Å². The normalized spacial score (nSPS) is 10.6. The van der Waals surface area contributed by atoms with Crippen LogP contribution in [0.1, 0.15) is 6.92 Å². The van der Waals surface area contributed by atoms with E-state index < -0.39 is 12.1 Å². The number of carbonyl (C=O) groups is 2. The van der Waals surface area contributed by atoms with Crippen LogP contribution in [0.5, 0.6) is 17.2 Å². The average molecular weight is 524 g/mol. The van der Waals surface area contributed by atoms with Gasteiger partial charge in [-0.2, -0.15) is 0 Å². The monoisotopic (exact) mass is 523 g/mol. The van der Waals surface area contributed by atoms with Gasteiger partial charge in [0, 0.05) is 17.5 Å². The molecule has 0 radical (unpaired) electrons. The molecule has 0 spiro atoms. The minimum absolute atomic E-state index is 0.159. The number of fused-ring (bicyclic) bond motifs is 1. The summed E-state index contributed by atoms with van der Waals surface area (Å²) in [6.07, 6.45) is -0.575. The van der Waals surface area contributed by atoms with Crippen LogP contribution in [0.4, 0.5) is 4.79 Å². The van der Waals surface area contributed by atoms with Crippen molar-refractivity contribution in [3.8, 4) is 17.2 Å². The number of hydrogen-bond donors (Lipinski definition) is 1. The van der Waals surface area contributed by atoms with Crippen LogP contribution in [0.25, 0.3) is 10.8 Å². The summed E-state index contributed by atoms with van der Waals surface area (Å²) in [5.41, 5.74) is 0.348. The SMILES string of the molecule is C=C(C)C(=O)OCCOCCOCCNC(=O)Oc1ccc2c(OCCOc3ccccc3)cccc2c1. The van der Waals surface area contributed by atoms with E-state index in [9.17, 15) is 9.59 Å². The molecule has 0 aliphatic heterocycles. The standard InChI is InChI=1S/C29H33NO8/c1-22(2)28(31)37-18-17-34-16-15-33-14-13-30-29(32)38-25-11-12-26-23(21-25)7-6-10-27(26)36-20-19-35-24-8-4-3-5-9-24/h3-12,21H,1,13-20H2,2H3,(H,30,32). The number of carbonyl (C=O) groups excluding carboxylic acids is 2. The zero-order valence-electron chi connectivity index (χ0n) is 21.5. The predicted octanol–water partition coefficient (Wildman–Crippen LogP) is 4.54. The first-order valence-electron chi connectivity index (χ1n) is 12.3. The Kier molecular flexibility index (Phi) is 11.9. The van der Waals surface area contributed by atoms with E-state index in [2.05, 4.69) is 11.9 Å². The molecular formula is C29H33NO8. The Hall–Kier alpha value is -4.08. The molecule has 0 heterocycles. The van der Waals surface area contributed by atoms with Crippen molar-refractivity contribution in [1.82, 2.24) is 5.32 Å². The number of ether oxygens (including phenoxy) is 6. The number of esters is 1. The fourth-order valence-electron chi connectivity index (χ4n) is 3.26. The van der Waals surface area contributed by atoms with Gasteiger partial charge in [0.05, 0.1) is 26.4 Å². The van der Waals surface area contributed by atoms with Crippen LogP contribution < -0.4 is 19.5 Å². The lowest BCUT2D eigenvalue weighted by molar-refractivity contribution is -0.140. The highest BCUT2D eigenvalue weighted by Gasteiger charge is 2.08. The van der Waals surface area contributed by atoms with E-state index in [0.717, 1.165) is 22.3 Å². The van der Waals surface area contributed by atoms with E-state index in [1.807, 2.05) is 54.6 Å². The van der Waals surface area contributed by atoms with Crippen molar-refractivity contribution in [2.75, 3.05) is 52.8 Å². The van der Waals surface area contributed by atoms with Crippen molar-refractivity contribution in [1.29, 1.82) is 0 Å². The number of para-hydroxylation sites is 1. The molecule has 0 aliphatic rings. The van der Waals surface area contributed by atoms with Crippen molar-refractivity contribution in [2.45, 2.75) is 6.92 Å². The number of nitrogens with one attached hydrogen (secondary N) is 1. The van der Waals surface area contributed by atoms with E-state index in [4.69, 9.17) is 28.4 Å². The van der Waals surface area contributed by atoms with Crippen LogP contribution in [0.15, 0.2) is 78.9 Å². The van der Waals surface area contributed by atoms with Gasteiger partial charge in [-0.05, 0) is 48.7 Å². The first-order chi connectivity index (χ1) is 18.5. The molecule has 1 N–H and O–H groups in total. The van der Waals surface area contributed by atoms with Crippen LogP contribution in [0.2, 0.25) is 0 Å². The molecule has 3 aromatic carbocycles. The Bertz CT molecular complexity index is 1180. The topological polar surface area (TPSA) is 102 Å². The third-order valence-corrected chi connectivity index (χ3v) is 5.07. The summed E-state index contributed by atoms with van der Waals surface area (Å²) in [5, 5.41) is 4.43. The molecule has 0 unspecified atom stereocenters. The second-order valence-corrected chi connectivity index (χ2v) is 8.11. The average Bonchev–Trinajstić information content (AvgIpc) is 2.92. The summed E-state index contributed by atoms with van der Waals surface area (Å²) in [6, 6.07) is 20.6. The van der Waals surface area contributed by atoms with Crippen molar-refractivity contribution in [2.24, 2.45) is 0 Å². The van der Waals surface area contributed by atoms with Crippen molar-refractivity contribution in [3.63, 3.8) is 0 Å². The first kappa shape index (κ1) is 28.5. The summed E-state index contributed by atoms with van der Waals surface area (Å²) >= 11 is 0. The van der Waals surface area contributed by atoms with Crippen LogP contribution in [-0.4, -0.2) is 64.9 Å². The molecule has 0 fully saturated rings. The quantitative estimate of drug-likeness (QED) is 0.166. The molecule has 0 atom stereocenters. The number of hydrogen-bond acceptors (Lipinski definition) is 8. The molecule has 9 heteroatoms. The Morgan fingerprint density at radius 3 is 2.29 bits per heavy atom. The summed E-state index contributed by atoms with van der Waals surface area (Å²) in [5.74, 6) is 1.50. The van der Waals surface area contributed by atoms with E-state index >= 15 is 0 Å². The molecular weight excluding hydrogens is 490 g/mol. The van der Waals surface area contributed by atoms with E-state index in [0.29, 0.717) is 44.4 Å². The Morgan fingerprint density at radius 2 is 1.50 bits per heavy atom. The van der Waals surface area contributed by atoms with E-state index in [-0.39, 0.29) is 19.8 Å². The van der Waals surface area contributed by atoms with Gasteiger partial charge in [0.2, 0.25) is 0 Å². The lowest BCUT2D eigenvalue weighted by Gasteiger charge is -2.12. The van der Waals surface area contributed by atoms with Crippen LogP contribution >= 0.6 is 0 Å². The number of amides is 1. The van der Waals surface area contributed by atoms with Crippen molar-refractivity contribution >= 4 is 22.8 Å². The van der Waals surface area contributed by atoms with E-state index in [1.165, 1.54) is 0 Å². The lowest BCUT2D eigenvalue weighted by Crippen LogP contribution is -2.30. The number of benzene rings is 3. The zero-order chi connectivity index (χ0) is 27.0. The molecule has 0 aliphatic carbocycles. The molecule has 9 nitrogen and oxygen atoms in total. The molecule has 202 valence electrons. The largest absolute Gasteiger partial charge is 0.490 e. The molecule has 3 rings (SSSR count). The van der Waals surface area contributed by atoms with Crippen LogP contribution in [0.3, 0.4) is 0 Å². The van der Waals surface area contributed by atoms with Gasteiger partial charge in [-0.15, -0.1) is 0 Å². The van der Waals surface area contributed by atoms with Gasteiger partial charge < -0.3 is 33.7 Å². The third-order valence-electron chi connectivity index (χ3n) is 5.07. The molecule has 38 heavy (non-hydrogen) atoms. The summed E-state index contributed by atoms with van der Waals surface area (Å²) < 4.78 is 32.6. The van der Waals surface area contributed by atoms with Gasteiger partial charge in [0.1, 0.15) is 37.1 Å². The highest BCUT2D eigenvalue weighted by atomic mass is 16.6. The second kappa shape index (κ2) is 15.9. The molecule has 0 saturated carbocycles. The summed E-state index contributed by atoms with van der Waals surface area (Å²) in [7, 11) is 0. The van der Waals surface area contributed by atoms with Gasteiger partial charge in [-0.1, -0.05) is 36.9 Å². The predicted molar refractivity (Wildman–Crippen MR) is 143 cm³/mol. The van der Waals surface area contributed by atoms with Gasteiger partial charge in [-0.25, -0.2) is 9.59 Å². The van der Waals surface area contributed by atoms with Crippen LogP contribution in [-0.2, 0) is 19.0 Å².